The van der Waals surface area contributed by atoms with E-state index in [0.29, 0.717) is 13.2 Å². The van der Waals surface area contributed by atoms with Crippen LogP contribution < -0.4 is 14.8 Å². The lowest BCUT2D eigenvalue weighted by atomic mass is 10.1. The zero-order valence-electron chi connectivity index (χ0n) is 14.2. The molecule has 1 unspecified atom stereocenters. The van der Waals surface area contributed by atoms with Crippen molar-refractivity contribution in [3.05, 3.63) is 23.3 Å². The van der Waals surface area contributed by atoms with Gasteiger partial charge in [-0.05, 0) is 49.9 Å². The number of rotatable bonds is 7. The first-order valence-electron chi connectivity index (χ1n) is 7.86. The van der Waals surface area contributed by atoms with Crippen LogP contribution in [0.5, 0.6) is 5.75 Å². The highest BCUT2D eigenvalue weighted by Crippen LogP contribution is 2.27. The number of sulfonamides is 1. The highest BCUT2D eigenvalue weighted by atomic mass is 32.2. The van der Waals surface area contributed by atoms with Crippen LogP contribution in [0.2, 0.25) is 0 Å². The summed E-state index contributed by atoms with van der Waals surface area (Å²) in [6.45, 7) is 4.47. The Morgan fingerprint density at radius 2 is 2.04 bits per heavy atom. The van der Waals surface area contributed by atoms with E-state index in [1.54, 1.807) is 12.1 Å². The molecule has 1 fully saturated rings. The highest BCUT2D eigenvalue weighted by molar-refractivity contribution is 7.89. The summed E-state index contributed by atoms with van der Waals surface area (Å²) in [4.78, 5) is 11.9. The average molecular weight is 356 g/mol. The van der Waals surface area contributed by atoms with Crippen LogP contribution in [0, 0.1) is 13.8 Å². The third kappa shape index (κ3) is 4.68. The van der Waals surface area contributed by atoms with E-state index in [1.165, 1.54) is 7.11 Å². The molecule has 1 saturated heterocycles. The summed E-state index contributed by atoms with van der Waals surface area (Å²) in [5, 5.41) is 2.68. The SMILES string of the molecule is COc1cc(C)c(C)cc1S(=O)(=O)NCC(=O)NCC1CCCO1. The maximum Gasteiger partial charge on any atom is 0.244 e. The number of hydrogen-bond donors (Lipinski definition) is 2. The van der Waals surface area contributed by atoms with Crippen LogP contribution in [-0.2, 0) is 19.6 Å². The fourth-order valence-corrected chi connectivity index (χ4v) is 3.68. The molecular weight excluding hydrogens is 332 g/mol. The monoisotopic (exact) mass is 356 g/mol. The van der Waals surface area contributed by atoms with Gasteiger partial charge in [-0.3, -0.25) is 4.79 Å². The Hall–Kier alpha value is -1.64. The fourth-order valence-electron chi connectivity index (χ4n) is 2.47. The molecule has 24 heavy (non-hydrogen) atoms. The van der Waals surface area contributed by atoms with Gasteiger partial charge in [-0.15, -0.1) is 0 Å². The summed E-state index contributed by atoms with van der Waals surface area (Å²) in [5.41, 5.74) is 1.76. The summed E-state index contributed by atoms with van der Waals surface area (Å²) < 4.78 is 37.8. The van der Waals surface area contributed by atoms with Gasteiger partial charge < -0.3 is 14.8 Å². The molecule has 7 nitrogen and oxygen atoms in total. The van der Waals surface area contributed by atoms with Gasteiger partial charge in [-0.25, -0.2) is 13.1 Å². The average Bonchev–Trinajstić information content (AvgIpc) is 3.06. The molecule has 2 N–H and O–H groups in total. The lowest BCUT2D eigenvalue weighted by molar-refractivity contribution is -0.120. The van der Waals surface area contributed by atoms with Gasteiger partial charge in [0.25, 0.3) is 0 Å². The third-order valence-electron chi connectivity index (χ3n) is 4.04. The van der Waals surface area contributed by atoms with Crippen molar-refractivity contribution in [1.82, 2.24) is 10.0 Å². The maximum absolute atomic E-state index is 12.4. The number of methoxy groups -OCH3 is 1. The molecule has 1 heterocycles. The van der Waals surface area contributed by atoms with E-state index in [-0.39, 0.29) is 23.3 Å². The van der Waals surface area contributed by atoms with Crippen LogP contribution >= 0.6 is 0 Å². The normalized spacial score (nSPS) is 17.7. The summed E-state index contributed by atoms with van der Waals surface area (Å²) in [7, 11) is -2.43. The Morgan fingerprint density at radius 1 is 1.33 bits per heavy atom. The molecule has 1 aromatic rings. The number of aryl methyl sites for hydroxylation is 2. The predicted octanol–water partition coefficient (Wildman–Crippen LogP) is 0.886. The second kappa shape index (κ2) is 7.96. The van der Waals surface area contributed by atoms with Crippen molar-refractivity contribution in [2.24, 2.45) is 0 Å². The van der Waals surface area contributed by atoms with Crippen molar-refractivity contribution in [1.29, 1.82) is 0 Å². The standard InChI is InChI=1S/C16H24N2O5S/c1-11-7-14(22-3)15(8-12(11)2)24(20,21)18-10-16(19)17-9-13-5-4-6-23-13/h7-8,13,18H,4-6,9-10H2,1-3H3,(H,17,19). The van der Waals surface area contributed by atoms with Gasteiger partial charge in [0, 0.05) is 13.2 Å². The maximum atomic E-state index is 12.4. The van der Waals surface area contributed by atoms with Crippen molar-refractivity contribution >= 4 is 15.9 Å². The van der Waals surface area contributed by atoms with Crippen molar-refractivity contribution in [2.45, 2.75) is 37.7 Å². The molecular formula is C16H24N2O5S. The van der Waals surface area contributed by atoms with E-state index in [0.717, 1.165) is 24.0 Å². The molecule has 0 spiro atoms. The minimum atomic E-state index is -3.84. The number of ether oxygens (including phenoxy) is 2. The largest absolute Gasteiger partial charge is 0.495 e. The summed E-state index contributed by atoms with van der Waals surface area (Å²) in [6.07, 6.45) is 1.91. The second-order valence-corrected chi connectivity index (χ2v) is 7.59. The zero-order chi connectivity index (χ0) is 17.7. The van der Waals surface area contributed by atoms with Crippen molar-refractivity contribution in [2.75, 3.05) is 26.8 Å². The first kappa shape index (κ1) is 18.7. The first-order chi connectivity index (χ1) is 11.3. The lowest BCUT2D eigenvalue weighted by Crippen LogP contribution is -2.40. The van der Waals surface area contributed by atoms with E-state index < -0.39 is 15.9 Å². The summed E-state index contributed by atoms with van der Waals surface area (Å²) in [5.74, 6) is -0.137. The topological polar surface area (TPSA) is 93.7 Å². The molecule has 1 aromatic carbocycles. The van der Waals surface area contributed by atoms with Gasteiger partial charge in [0.1, 0.15) is 10.6 Å². The summed E-state index contributed by atoms with van der Waals surface area (Å²) >= 11 is 0. The van der Waals surface area contributed by atoms with E-state index in [1.807, 2.05) is 13.8 Å². The molecule has 2 rings (SSSR count). The molecule has 1 amide bonds. The van der Waals surface area contributed by atoms with Gasteiger partial charge >= 0.3 is 0 Å². The molecule has 1 atom stereocenters. The molecule has 134 valence electrons. The fraction of sp³-hybridized carbons (Fsp3) is 0.562. The van der Waals surface area contributed by atoms with Gasteiger partial charge in [0.15, 0.2) is 0 Å². The molecule has 0 aromatic heterocycles. The third-order valence-corrected chi connectivity index (χ3v) is 5.47. The zero-order valence-corrected chi connectivity index (χ0v) is 15.0. The number of carbonyl (C=O) groups is 1. The van der Waals surface area contributed by atoms with Crippen molar-refractivity contribution in [3.63, 3.8) is 0 Å². The Kier molecular flexibility index (Phi) is 6.20. The van der Waals surface area contributed by atoms with Crippen LogP contribution in [-0.4, -0.2) is 47.2 Å². The Balaban J connectivity index is 1.98. The minimum absolute atomic E-state index is 0.0189. The Bertz CT molecular complexity index is 697. The number of nitrogens with one attached hydrogen (secondary N) is 2. The van der Waals surface area contributed by atoms with Crippen LogP contribution in [0.4, 0.5) is 0 Å². The van der Waals surface area contributed by atoms with Gasteiger partial charge in [0.2, 0.25) is 15.9 Å². The van der Waals surface area contributed by atoms with Gasteiger partial charge in [-0.2, -0.15) is 0 Å². The molecule has 0 aliphatic carbocycles. The van der Waals surface area contributed by atoms with Crippen LogP contribution in [0.25, 0.3) is 0 Å². The minimum Gasteiger partial charge on any atom is -0.495 e. The van der Waals surface area contributed by atoms with Crippen LogP contribution in [0.15, 0.2) is 17.0 Å². The molecule has 0 saturated carbocycles. The molecule has 0 radical (unpaired) electrons. The quantitative estimate of drug-likeness (QED) is 0.757. The van der Waals surface area contributed by atoms with Crippen molar-refractivity contribution < 1.29 is 22.7 Å². The Morgan fingerprint density at radius 3 is 2.67 bits per heavy atom. The molecule has 8 heteroatoms. The van der Waals surface area contributed by atoms with E-state index in [9.17, 15) is 13.2 Å². The van der Waals surface area contributed by atoms with Gasteiger partial charge in [0.05, 0.1) is 19.8 Å². The molecule has 0 bridgehead atoms. The molecule has 1 aliphatic heterocycles. The van der Waals surface area contributed by atoms with E-state index in [4.69, 9.17) is 9.47 Å². The predicted molar refractivity (Wildman–Crippen MR) is 89.6 cm³/mol. The van der Waals surface area contributed by atoms with Crippen LogP contribution in [0.1, 0.15) is 24.0 Å². The molecule has 1 aliphatic rings. The number of amides is 1. The van der Waals surface area contributed by atoms with Crippen molar-refractivity contribution in [3.8, 4) is 5.75 Å². The summed E-state index contributed by atoms with van der Waals surface area (Å²) in [6, 6.07) is 3.21. The van der Waals surface area contributed by atoms with E-state index >= 15 is 0 Å². The van der Waals surface area contributed by atoms with E-state index in [2.05, 4.69) is 10.0 Å². The lowest BCUT2D eigenvalue weighted by Gasteiger charge is -2.14. The smallest absolute Gasteiger partial charge is 0.244 e. The van der Waals surface area contributed by atoms with Crippen LogP contribution in [0.3, 0.4) is 0 Å². The van der Waals surface area contributed by atoms with Gasteiger partial charge in [-0.1, -0.05) is 0 Å². The number of benzene rings is 1. The first-order valence-corrected chi connectivity index (χ1v) is 9.35. The Labute approximate surface area is 142 Å². The highest BCUT2D eigenvalue weighted by Gasteiger charge is 2.22. The number of carbonyl (C=O) groups excluding carboxylic acids is 1. The number of hydrogen-bond acceptors (Lipinski definition) is 5. The second-order valence-electron chi connectivity index (χ2n) is 5.85.